The maximum atomic E-state index is 11.1. The van der Waals surface area contributed by atoms with E-state index in [2.05, 4.69) is 20.9 Å². The summed E-state index contributed by atoms with van der Waals surface area (Å²) in [5, 5.41) is 9.39. The fourth-order valence-corrected chi connectivity index (χ4v) is 1.93. The summed E-state index contributed by atoms with van der Waals surface area (Å²) in [7, 11) is 0. The van der Waals surface area contributed by atoms with E-state index in [1.807, 2.05) is 24.3 Å². The number of carboxylic acids is 1. The number of hydrogen-bond donors (Lipinski definition) is 1. The summed E-state index contributed by atoms with van der Waals surface area (Å²) < 4.78 is 0.987. The van der Waals surface area contributed by atoms with Gasteiger partial charge in [0.05, 0.1) is 16.3 Å². The van der Waals surface area contributed by atoms with Gasteiger partial charge in [-0.05, 0) is 29.8 Å². The van der Waals surface area contributed by atoms with Crippen LogP contribution in [0.3, 0.4) is 0 Å². The fraction of sp³-hybridized carbons (Fsp3) is 0. The maximum Gasteiger partial charge on any atom is 0.337 e. The molecule has 5 heteroatoms. The van der Waals surface area contributed by atoms with E-state index < -0.39 is 5.97 Å². The molecule has 2 rings (SSSR count). The molecule has 96 valence electrons. The summed E-state index contributed by atoms with van der Waals surface area (Å²) in [4.78, 5) is 15.1. The van der Waals surface area contributed by atoms with Crippen LogP contribution in [0.25, 0.3) is 12.2 Å². The van der Waals surface area contributed by atoms with Crippen molar-refractivity contribution in [3.05, 3.63) is 62.8 Å². The van der Waals surface area contributed by atoms with Gasteiger partial charge in [-0.2, -0.15) is 0 Å². The van der Waals surface area contributed by atoms with Crippen molar-refractivity contribution < 1.29 is 9.90 Å². The summed E-state index contributed by atoms with van der Waals surface area (Å²) >= 11 is 9.09. The number of aromatic nitrogens is 1. The highest BCUT2D eigenvalue weighted by Gasteiger charge is 2.09. The molecule has 0 saturated heterocycles. The van der Waals surface area contributed by atoms with Crippen LogP contribution in [0.1, 0.15) is 21.6 Å². The van der Waals surface area contributed by atoms with E-state index in [9.17, 15) is 4.79 Å². The van der Waals surface area contributed by atoms with Crippen molar-refractivity contribution in [3.63, 3.8) is 0 Å². The van der Waals surface area contributed by atoms with Crippen molar-refractivity contribution in [2.24, 2.45) is 0 Å². The van der Waals surface area contributed by atoms with Crippen LogP contribution in [0.4, 0.5) is 0 Å². The first-order chi connectivity index (χ1) is 9.06. The Kier molecular flexibility index (Phi) is 4.35. The standard InChI is InChI=1S/C14H9BrClNO2/c15-10-4-1-9(2-5-10)3-6-13-12(14(18)19)7-11(16)8-17-13/h1-8H,(H,18,19). The lowest BCUT2D eigenvalue weighted by molar-refractivity contribution is 0.0696. The molecule has 0 bridgehead atoms. The summed E-state index contributed by atoms with van der Waals surface area (Å²) in [6.07, 6.45) is 4.88. The minimum Gasteiger partial charge on any atom is -0.478 e. The molecule has 1 aromatic heterocycles. The summed E-state index contributed by atoms with van der Waals surface area (Å²) in [6.45, 7) is 0. The minimum atomic E-state index is -1.05. The largest absolute Gasteiger partial charge is 0.478 e. The van der Waals surface area contributed by atoms with Crippen LogP contribution in [-0.4, -0.2) is 16.1 Å². The second kappa shape index (κ2) is 5.99. The Balaban J connectivity index is 2.32. The average molecular weight is 339 g/mol. The van der Waals surface area contributed by atoms with Crippen LogP contribution >= 0.6 is 27.5 Å². The molecule has 1 N–H and O–H groups in total. The Bertz CT molecular complexity index is 638. The molecule has 0 radical (unpaired) electrons. The van der Waals surface area contributed by atoms with Crippen molar-refractivity contribution in [1.82, 2.24) is 4.98 Å². The molecule has 0 saturated carbocycles. The third kappa shape index (κ3) is 3.66. The van der Waals surface area contributed by atoms with Crippen LogP contribution in [-0.2, 0) is 0 Å². The Morgan fingerprint density at radius 3 is 2.58 bits per heavy atom. The zero-order chi connectivity index (χ0) is 13.8. The van der Waals surface area contributed by atoms with Gasteiger partial charge in [0.15, 0.2) is 0 Å². The van der Waals surface area contributed by atoms with E-state index in [0.717, 1.165) is 10.0 Å². The normalized spacial score (nSPS) is 10.8. The molecule has 19 heavy (non-hydrogen) atoms. The lowest BCUT2D eigenvalue weighted by Gasteiger charge is -2.01. The number of hydrogen-bond acceptors (Lipinski definition) is 2. The SMILES string of the molecule is O=C(O)c1cc(Cl)cnc1C=Cc1ccc(Br)cc1. The van der Waals surface area contributed by atoms with Crippen LogP contribution in [0.5, 0.6) is 0 Å². The molecule has 1 aromatic carbocycles. The average Bonchev–Trinajstić information content (AvgIpc) is 2.39. The fourth-order valence-electron chi connectivity index (χ4n) is 1.50. The van der Waals surface area contributed by atoms with Crippen LogP contribution in [0.2, 0.25) is 5.02 Å². The third-order valence-corrected chi connectivity index (χ3v) is 3.15. The smallest absolute Gasteiger partial charge is 0.337 e. The highest BCUT2D eigenvalue weighted by Crippen LogP contribution is 2.17. The van der Waals surface area contributed by atoms with Gasteiger partial charge in [0.25, 0.3) is 0 Å². The number of rotatable bonds is 3. The first-order valence-electron chi connectivity index (χ1n) is 5.39. The van der Waals surface area contributed by atoms with Gasteiger partial charge in [0, 0.05) is 10.7 Å². The molecule has 0 amide bonds. The van der Waals surface area contributed by atoms with Crippen molar-refractivity contribution in [1.29, 1.82) is 0 Å². The van der Waals surface area contributed by atoms with E-state index >= 15 is 0 Å². The highest BCUT2D eigenvalue weighted by molar-refractivity contribution is 9.10. The number of benzene rings is 1. The minimum absolute atomic E-state index is 0.0841. The van der Waals surface area contributed by atoms with Gasteiger partial charge in [-0.3, -0.25) is 4.98 Å². The van der Waals surface area contributed by atoms with Crippen molar-refractivity contribution in [2.45, 2.75) is 0 Å². The number of aromatic carboxylic acids is 1. The van der Waals surface area contributed by atoms with E-state index in [1.165, 1.54) is 12.3 Å². The monoisotopic (exact) mass is 337 g/mol. The maximum absolute atomic E-state index is 11.1. The summed E-state index contributed by atoms with van der Waals surface area (Å²) in [6, 6.07) is 9.03. The van der Waals surface area contributed by atoms with Gasteiger partial charge in [-0.15, -0.1) is 0 Å². The van der Waals surface area contributed by atoms with Crippen molar-refractivity contribution in [3.8, 4) is 0 Å². The first kappa shape index (κ1) is 13.8. The molecule has 0 aliphatic rings. The second-order valence-corrected chi connectivity index (χ2v) is 5.13. The Labute approximate surface area is 123 Å². The van der Waals surface area contributed by atoms with Gasteiger partial charge in [0.1, 0.15) is 0 Å². The number of nitrogens with zero attached hydrogens (tertiary/aromatic N) is 1. The predicted molar refractivity (Wildman–Crippen MR) is 79.3 cm³/mol. The van der Waals surface area contributed by atoms with Crippen LogP contribution < -0.4 is 0 Å². The number of pyridine rings is 1. The topological polar surface area (TPSA) is 50.2 Å². The van der Waals surface area contributed by atoms with Gasteiger partial charge in [-0.25, -0.2) is 4.79 Å². The molecule has 0 spiro atoms. The van der Waals surface area contributed by atoms with Gasteiger partial charge in [-0.1, -0.05) is 45.7 Å². The molecule has 0 atom stereocenters. The molecule has 0 aliphatic heterocycles. The first-order valence-corrected chi connectivity index (χ1v) is 6.56. The Morgan fingerprint density at radius 2 is 1.95 bits per heavy atom. The molecule has 0 unspecified atom stereocenters. The van der Waals surface area contributed by atoms with E-state index in [1.54, 1.807) is 12.2 Å². The Morgan fingerprint density at radius 1 is 1.26 bits per heavy atom. The van der Waals surface area contributed by atoms with Crippen molar-refractivity contribution in [2.75, 3.05) is 0 Å². The summed E-state index contributed by atoms with van der Waals surface area (Å²) in [5.41, 5.74) is 1.41. The second-order valence-electron chi connectivity index (χ2n) is 3.78. The Hall–Kier alpha value is -1.65. The van der Waals surface area contributed by atoms with Crippen molar-refractivity contribution >= 4 is 45.7 Å². The molecule has 0 aliphatic carbocycles. The third-order valence-electron chi connectivity index (χ3n) is 2.42. The molecule has 2 aromatic rings. The van der Waals surface area contributed by atoms with E-state index in [-0.39, 0.29) is 5.56 Å². The molecule has 3 nitrogen and oxygen atoms in total. The zero-order valence-electron chi connectivity index (χ0n) is 9.68. The van der Waals surface area contributed by atoms with Gasteiger partial charge >= 0.3 is 5.97 Å². The van der Waals surface area contributed by atoms with Gasteiger partial charge in [0.2, 0.25) is 0 Å². The number of carbonyl (C=O) groups is 1. The molecular weight excluding hydrogens is 330 g/mol. The molecular formula is C14H9BrClNO2. The number of halogens is 2. The quantitative estimate of drug-likeness (QED) is 0.904. The predicted octanol–water partition coefficient (Wildman–Crippen LogP) is 4.37. The van der Waals surface area contributed by atoms with E-state index in [4.69, 9.17) is 16.7 Å². The lowest BCUT2D eigenvalue weighted by atomic mass is 10.1. The molecule has 0 fully saturated rings. The van der Waals surface area contributed by atoms with Gasteiger partial charge < -0.3 is 5.11 Å². The number of carboxylic acid groups (broad SMARTS) is 1. The summed E-state index contributed by atoms with van der Waals surface area (Å²) in [5.74, 6) is -1.05. The highest BCUT2D eigenvalue weighted by atomic mass is 79.9. The van der Waals surface area contributed by atoms with E-state index in [0.29, 0.717) is 10.7 Å². The van der Waals surface area contributed by atoms with Crippen LogP contribution in [0, 0.1) is 0 Å². The zero-order valence-corrected chi connectivity index (χ0v) is 12.0. The molecule has 1 heterocycles. The lowest BCUT2D eigenvalue weighted by Crippen LogP contribution is -2.01. The van der Waals surface area contributed by atoms with Crippen LogP contribution in [0.15, 0.2) is 41.0 Å².